The van der Waals surface area contributed by atoms with E-state index in [9.17, 15) is 4.79 Å². The second-order valence-corrected chi connectivity index (χ2v) is 7.37. The summed E-state index contributed by atoms with van der Waals surface area (Å²) in [5.41, 5.74) is 7.50. The molecular formula is C18H24ClN3O3. The van der Waals surface area contributed by atoms with Crippen molar-refractivity contribution in [1.82, 2.24) is 10.3 Å². The lowest BCUT2D eigenvalue weighted by molar-refractivity contribution is 0.0125. The van der Waals surface area contributed by atoms with Gasteiger partial charge in [0, 0.05) is 47.6 Å². The number of fused-ring (bicyclic) bond motifs is 1. The van der Waals surface area contributed by atoms with Crippen LogP contribution in [-0.4, -0.2) is 50.4 Å². The topological polar surface area (TPSA) is 89.4 Å². The monoisotopic (exact) mass is 365 g/mol. The van der Waals surface area contributed by atoms with Crippen molar-refractivity contribution in [3.8, 4) is 0 Å². The molecule has 2 aromatic rings. The number of carbonyl (C=O) groups is 1. The molecule has 1 aromatic carbocycles. The standard InChI is InChI=1S/C18H24ClN3O3/c1-24-9-18(10-25-2)7-13(20)16(8-18)22-17(23)15-6-11-5-12(19)3-4-14(11)21-15/h3-6,13,16,21H,7-10,20H2,1-2H3,(H,22,23)/t13-,16-/m1/s1. The van der Waals surface area contributed by atoms with Crippen molar-refractivity contribution in [2.24, 2.45) is 11.1 Å². The van der Waals surface area contributed by atoms with Crippen LogP contribution in [0.1, 0.15) is 23.3 Å². The number of ether oxygens (including phenoxy) is 2. The van der Waals surface area contributed by atoms with Gasteiger partial charge in [0.05, 0.1) is 13.2 Å². The Hall–Kier alpha value is -1.60. The van der Waals surface area contributed by atoms with Gasteiger partial charge in [0.2, 0.25) is 0 Å². The van der Waals surface area contributed by atoms with Crippen LogP contribution in [-0.2, 0) is 9.47 Å². The van der Waals surface area contributed by atoms with E-state index in [4.69, 9.17) is 26.8 Å². The maximum Gasteiger partial charge on any atom is 0.268 e. The number of H-pyrrole nitrogens is 1. The van der Waals surface area contributed by atoms with Crippen molar-refractivity contribution in [3.63, 3.8) is 0 Å². The Balaban J connectivity index is 1.73. The van der Waals surface area contributed by atoms with Crippen LogP contribution in [0, 0.1) is 5.41 Å². The van der Waals surface area contributed by atoms with Gasteiger partial charge in [0.15, 0.2) is 0 Å². The SMILES string of the molecule is COCC1(COC)C[C@@H](N)[C@H](NC(=O)c2cc3cc(Cl)ccc3[nH]2)C1. The zero-order valence-corrected chi connectivity index (χ0v) is 15.2. The minimum atomic E-state index is -0.168. The second-order valence-electron chi connectivity index (χ2n) is 6.93. The molecule has 6 nitrogen and oxygen atoms in total. The van der Waals surface area contributed by atoms with E-state index in [0.717, 1.165) is 23.7 Å². The van der Waals surface area contributed by atoms with Gasteiger partial charge >= 0.3 is 0 Å². The highest BCUT2D eigenvalue weighted by Crippen LogP contribution is 2.38. The molecule has 1 heterocycles. The molecule has 1 aliphatic rings. The number of aromatic amines is 1. The summed E-state index contributed by atoms with van der Waals surface area (Å²) in [6, 6.07) is 7.03. The molecule has 0 saturated heterocycles. The van der Waals surface area contributed by atoms with Gasteiger partial charge in [-0.15, -0.1) is 0 Å². The van der Waals surface area contributed by atoms with Gasteiger partial charge in [-0.1, -0.05) is 11.6 Å². The molecule has 1 fully saturated rings. The van der Waals surface area contributed by atoms with Crippen LogP contribution in [0.4, 0.5) is 0 Å². The molecule has 0 unspecified atom stereocenters. The lowest BCUT2D eigenvalue weighted by Crippen LogP contribution is -2.44. The van der Waals surface area contributed by atoms with Gasteiger partial charge in [0.1, 0.15) is 5.69 Å². The van der Waals surface area contributed by atoms with Crippen LogP contribution < -0.4 is 11.1 Å². The molecule has 1 aromatic heterocycles. The van der Waals surface area contributed by atoms with Crippen molar-refractivity contribution in [3.05, 3.63) is 35.0 Å². The lowest BCUT2D eigenvalue weighted by atomic mass is 9.87. The van der Waals surface area contributed by atoms with Gasteiger partial charge in [-0.3, -0.25) is 4.79 Å². The number of hydrogen-bond donors (Lipinski definition) is 3. The number of halogens is 1. The first-order chi connectivity index (χ1) is 12.0. The summed E-state index contributed by atoms with van der Waals surface area (Å²) in [5, 5.41) is 4.60. The molecule has 4 N–H and O–H groups in total. The predicted octanol–water partition coefficient (Wildman–Crippen LogP) is 2.32. The normalized spacial score (nSPS) is 22.4. The number of nitrogens with one attached hydrogen (secondary N) is 2. The Morgan fingerprint density at radius 3 is 2.72 bits per heavy atom. The Morgan fingerprint density at radius 2 is 2.04 bits per heavy atom. The lowest BCUT2D eigenvalue weighted by Gasteiger charge is -2.27. The third-order valence-corrected chi connectivity index (χ3v) is 5.12. The molecule has 1 aliphatic carbocycles. The molecule has 0 aliphatic heterocycles. The zero-order chi connectivity index (χ0) is 18.0. The highest BCUT2D eigenvalue weighted by molar-refractivity contribution is 6.31. The van der Waals surface area contributed by atoms with Crippen LogP contribution in [0.5, 0.6) is 0 Å². The number of amides is 1. The van der Waals surface area contributed by atoms with Crippen LogP contribution in [0.25, 0.3) is 10.9 Å². The van der Waals surface area contributed by atoms with E-state index in [1.54, 1.807) is 26.4 Å². The quantitative estimate of drug-likeness (QED) is 0.732. The van der Waals surface area contributed by atoms with Crippen molar-refractivity contribution >= 4 is 28.4 Å². The molecule has 0 spiro atoms. The molecule has 1 saturated carbocycles. The smallest absolute Gasteiger partial charge is 0.268 e. The molecule has 0 bridgehead atoms. The first-order valence-electron chi connectivity index (χ1n) is 8.29. The van der Waals surface area contributed by atoms with Crippen molar-refractivity contribution < 1.29 is 14.3 Å². The maximum absolute atomic E-state index is 12.6. The fraction of sp³-hybridized carbons (Fsp3) is 0.500. The van der Waals surface area contributed by atoms with E-state index in [1.165, 1.54) is 0 Å². The number of carbonyl (C=O) groups excluding carboxylic acids is 1. The fourth-order valence-corrected chi connectivity index (χ4v) is 4.04. The second kappa shape index (κ2) is 7.33. The number of benzene rings is 1. The van der Waals surface area contributed by atoms with Crippen molar-refractivity contribution in [2.45, 2.75) is 24.9 Å². The summed E-state index contributed by atoms with van der Waals surface area (Å²) in [6.45, 7) is 1.12. The highest BCUT2D eigenvalue weighted by Gasteiger charge is 2.44. The summed E-state index contributed by atoms with van der Waals surface area (Å²) < 4.78 is 10.7. The minimum Gasteiger partial charge on any atom is -0.384 e. The number of methoxy groups -OCH3 is 2. The Labute approximate surface area is 152 Å². The van der Waals surface area contributed by atoms with Gasteiger partial charge in [0.25, 0.3) is 5.91 Å². The molecule has 136 valence electrons. The van der Waals surface area contributed by atoms with E-state index in [2.05, 4.69) is 10.3 Å². The van der Waals surface area contributed by atoms with Gasteiger partial charge < -0.3 is 25.5 Å². The zero-order valence-electron chi connectivity index (χ0n) is 14.5. The van der Waals surface area contributed by atoms with Crippen LogP contribution in [0.2, 0.25) is 5.02 Å². The first kappa shape index (κ1) is 18.2. The Kier molecular flexibility index (Phi) is 5.34. The average Bonchev–Trinajstić information content (AvgIpc) is 3.09. The maximum atomic E-state index is 12.6. The van der Waals surface area contributed by atoms with E-state index in [-0.39, 0.29) is 23.4 Å². The summed E-state index contributed by atoms with van der Waals surface area (Å²) in [7, 11) is 3.34. The van der Waals surface area contributed by atoms with Crippen LogP contribution in [0.15, 0.2) is 24.3 Å². The Morgan fingerprint density at radius 1 is 1.32 bits per heavy atom. The molecule has 7 heteroatoms. The summed E-state index contributed by atoms with van der Waals surface area (Å²) in [4.78, 5) is 15.8. The van der Waals surface area contributed by atoms with Crippen LogP contribution in [0.3, 0.4) is 0 Å². The minimum absolute atomic E-state index is 0.118. The molecule has 2 atom stereocenters. The molecular weight excluding hydrogens is 342 g/mol. The number of rotatable bonds is 6. The van der Waals surface area contributed by atoms with E-state index < -0.39 is 0 Å². The number of aromatic nitrogens is 1. The predicted molar refractivity (Wildman–Crippen MR) is 98.0 cm³/mol. The van der Waals surface area contributed by atoms with Crippen molar-refractivity contribution in [1.29, 1.82) is 0 Å². The van der Waals surface area contributed by atoms with E-state index in [1.807, 2.05) is 12.1 Å². The van der Waals surface area contributed by atoms with Gasteiger partial charge in [-0.25, -0.2) is 0 Å². The summed E-state index contributed by atoms with van der Waals surface area (Å²) in [6.07, 6.45) is 1.48. The fourth-order valence-electron chi connectivity index (χ4n) is 3.86. The van der Waals surface area contributed by atoms with E-state index in [0.29, 0.717) is 23.9 Å². The molecule has 25 heavy (non-hydrogen) atoms. The summed E-state index contributed by atoms with van der Waals surface area (Å²) >= 11 is 6.00. The Bertz CT molecular complexity index is 755. The molecule has 1 amide bonds. The number of nitrogens with two attached hydrogens (primary N) is 1. The molecule has 3 rings (SSSR count). The van der Waals surface area contributed by atoms with Gasteiger partial charge in [-0.2, -0.15) is 0 Å². The number of hydrogen-bond acceptors (Lipinski definition) is 4. The summed E-state index contributed by atoms with van der Waals surface area (Å²) in [5.74, 6) is -0.168. The average molecular weight is 366 g/mol. The first-order valence-corrected chi connectivity index (χ1v) is 8.67. The van der Waals surface area contributed by atoms with E-state index >= 15 is 0 Å². The van der Waals surface area contributed by atoms with Crippen LogP contribution >= 0.6 is 11.6 Å². The van der Waals surface area contributed by atoms with Crippen molar-refractivity contribution in [2.75, 3.05) is 27.4 Å². The third kappa shape index (κ3) is 3.82. The third-order valence-electron chi connectivity index (χ3n) is 4.88. The molecule has 0 radical (unpaired) electrons. The highest BCUT2D eigenvalue weighted by atomic mass is 35.5. The largest absolute Gasteiger partial charge is 0.384 e. The van der Waals surface area contributed by atoms with Gasteiger partial charge in [-0.05, 0) is 37.1 Å².